The number of rotatable bonds is 2. The first-order chi connectivity index (χ1) is 10.8. The predicted molar refractivity (Wildman–Crippen MR) is 94.1 cm³/mol. The Morgan fingerprint density at radius 1 is 1.13 bits per heavy atom. The zero-order chi connectivity index (χ0) is 17.3. The maximum Gasteiger partial charge on any atom is 0.331 e. The number of hydrogen-bond acceptors (Lipinski definition) is 2. The summed E-state index contributed by atoms with van der Waals surface area (Å²) in [5.41, 5.74) is 1.15. The molecule has 0 unspecified atom stereocenters. The normalized spacial score (nSPS) is 10.4. The van der Waals surface area contributed by atoms with Gasteiger partial charge in [-0.3, -0.25) is 0 Å². The lowest BCUT2D eigenvalue weighted by Gasteiger charge is -2.06. The van der Waals surface area contributed by atoms with Crippen LogP contribution in [0.1, 0.15) is 26.3 Å². The maximum atomic E-state index is 9.59. The summed E-state index contributed by atoms with van der Waals surface area (Å²) in [5.74, 6) is 5.48. The summed E-state index contributed by atoms with van der Waals surface area (Å²) in [7, 11) is 1.39. The van der Waals surface area contributed by atoms with Crippen LogP contribution in [0.2, 0.25) is 0 Å². The molecule has 3 nitrogen and oxygen atoms in total. The highest BCUT2D eigenvalue weighted by molar-refractivity contribution is 5.83. The summed E-state index contributed by atoms with van der Waals surface area (Å²) < 4.78 is 4.29. The van der Waals surface area contributed by atoms with Crippen molar-refractivity contribution in [1.82, 2.24) is 0 Å². The smallest absolute Gasteiger partial charge is 0.331 e. The Morgan fingerprint density at radius 3 is 2.30 bits per heavy atom. The van der Waals surface area contributed by atoms with E-state index >= 15 is 0 Å². The van der Waals surface area contributed by atoms with Crippen molar-refractivity contribution in [2.75, 3.05) is 7.11 Å². The van der Waals surface area contributed by atoms with E-state index in [1.165, 1.54) is 17.9 Å². The third-order valence-corrected chi connectivity index (χ3v) is 2.68. The molecular formula is C20H22O3. The minimum Gasteiger partial charge on any atom is -0.504 e. The van der Waals surface area contributed by atoms with Crippen LogP contribution in [0.4, 0.5) is 0 Å². The van der Waals surface area contributed by atoms with E-state index in [0.29, 0.717) is 0 Å². The fraction of sp³-hybridized carbons (Fsp3) is 0.250. The molecule has 0 spiro atoms. The molecular weight excluding hydrogens is 288 g/mol. The van der Waals surface area contributed by atoms with Crippen LogP contribution >= 0.6 is 0 Å². The van der Waals surface area contributed by atoms with Gasteiger partial charge in [-0.25, -0.2) is 4.79 Å². The molecule has 23 heavy (non-hydrogen) atoms. The molecule has 0 aliphatic rings. The molecule has 0 saturated heterocycles. The highest BCUT2D eigenvalue weighted by atomic mass is 16.5. The average molecular weight is 310 g/mol. The zero-order valence-electron chi connectivity index (χ0n) is 14.0. The number of methoxy groups -OCH3 is 1. The molecule has 0 amide bonds. The largest absolute Gasteiger partial charge is 0.504 e. The molecule has 0 radical (unpaired) electrons. The Kier molecular flexibility index (Phi) is 6.89. The average Bonchev–Trinajstić information content (AvgIpc) is 2.50. The Labute approximate surface area is 137 Å². The van der Waals surface area contributed by atoms with Gasteiger partial charge in [0.15, 0.2) is 0 Å². The van der Waals surface area contributed by atoms with Gasteiger partial charge < -0.3 is 9.84 Å². The highest BCUT2D eigenvalue weighted by Crippen LogP contribution is 2.16. The Balaban J connectivity index is 0.000000322. The van der Waals surface area contributed by atoms with E-state index < -0.39 is 5.97 Å². The third-order valence-electron chi connectivity index (χ3n) is 2.68. The van der Waals surface area contributed by atoms with Crippen LogP contribution in [0.5, 0.6) is 0 Å². The Morgan fingerprint density at radius 2 is 1.78 bits per heavy atom. The zero-order valence-corrected chi connectivity index (χ0v) is 14.0. The quantitative estimate of drug-likeness (QED) is 0.506. The first kappa shape index (κ1) is 18.3. The first-order valence-corrected chi connectivity index (χ1v) is 7.26. The van der Waals surface area contributed by atoms with Crippen LogP contribution in [0, 0.1) is 17.3 Å². The van der Waals surface area contributed by atoms with E-state index in [4.69, 9.17) is 5.11 Å². The molecule has 0 aliphatic heterocycles. The third kappa shape index (κ3) is 7.73. The fourth-order valence-electron chi connectivity index (χ4n) is 1.65. The number of ether oxygens (including phenoxy) is 1. The molecule has 0 atom stereocenters. The van der Waals surface area contributed by atoms with Crippen molar-refractivity contribution in [2.24, 2.45) is 5.41 Å². The van der Waals surface area contributed by atoms with Gasteiger partial charge >= 0.3 is 5.97 Å². The van der Waals surface area contributed by atoms with Crippen LogP contribution in [0.3, 0.4) is 0 Å². The second-order valence-corrected chi connectivity index (χ2v) is 5.94. The van der Waals surface area contributed by atoms with Gasteiger partial charge in [0.05, 0.1) is 19.4 Å². The van der Waals surface area contributed by atoms with Gasteiger partial charge in [0, 0.05) is 11.0 Å². The lowest BCUT2D eigenvalue weighted by atomic mass is 9.97. The Bertz CT molecular complexity index is 741. The van der Waals surface area contributed by atoms with E-state index in [1.54, 1.807) is 0 Å². The summed E-state index contributed by atoms with van der Waals surface area (Å²) in [6.45, 7) is 6.38. The van der Waals surface area contributed by atoms with Crippen LogP contribution in [0.25, 0.3) is 10.8 Å². The Hall–Kier alpha value is -2.73. The van der Waals surface area contributed by atoms with Crippen molar-refractivity contribution >= 4 is 16.7 Å². The van der Waals surface area contributed by atoms with E-state index in [2.05, 4.69) is 79.8 Å². The van der Waals surface area contributed by atoms with Gasteiger partial charge in [-0.05, 0) is 43.7 Å². The highest BCUT2D eigenvalue weighted by Gasteiger charge is 2.03. The standard InChI is InChI=1S/C16H16.C4H6O3/c1-16(2,3)11-10-13-8-9-14-6-4-5-7-15(14)12-13;1-7-3-2-4(5)6/h4-9,12H,1-3H3;2-3H,1H3,(H,5,6). The van der Waals surface area contributed by atoms with Crippen molar-refractivity contribution in [3.63, 3.8) is 0 Å². The molecule has 0 bridgehead atoms. The van der Waals surface area contributed by atoms with Crippen molar-refractivity contribution in [2.45, 2.75) is 20.8 Å². The van der Waals surface area contributed by atoms with E-state index in [-0.39, 0.29) is 5.41 Å². The molecule has 0 aromatic heterocycles. The van der Waals surface area contributed by atoms with Gasteiger partial charge in [0.2, 0.25) is 0 Å². The molecule has 0 saturated carbocycles. The minimum absolute atomic E-state index is 0.0612. The molecule has 0 aliphatic carbocycles. The molecule has 2 rings (SSSR count). The minimum atomic E-state index is -0.998. The van der Waals surface area contributed by atoms with Crippen molar-refractivity contribution in [3.8, 4) is 11.8 Å². The summed E-state index contributed by atoms with van der Waals surface area (Å²) in [6.07, 6.45) is 2.02. The lowest BCUT2D eigenvalue weighted by Crippen LogP contribution is -1.99. The predicted octanol–water partition coefficient (Wildman–Crippen LogP) is 4.47. The molecule has 0 heterocycles. The summed E-state index contributed by atoms with van der Waals surface area (Å²) >= 11 is 0. The van der Waals surface area contributed by atoms with Gasteiger partial charge in [-0.2, -0.15) is 0 Å². The molecule has 2 aromatic rings. The van der Waals surface area contributed by atoms with Crippen LogP contribution < -0.4 is 0 Å². The lowest BCUT2D eigenvalue weighted by molar-refractivity contribution is -0.131. The molecule has 3 heteroatoms. The second kappa shape index (κ2) is 8.65. The molecule has 0 fully saturated rings. The van der Waals surface area contributed by atoms with Gasteiger partial charge in [-0.15, -0.1) is 0 Å². The number of fused-ring (bicyclic) bond motifs is 1. The number of benzene rings is 2. The topological polar surface area (TPSA) is 46.5 Å². The SMILES string of the molecule is CC(C)(C)C#Cc1ccc2ccccc2c1.COC=CC(=O)O. The first-order valence-electron chi connectivity index (χ1n) is 7.26. The second-order valence-electron chi connectivity index (χ2n) is 5.94. The van der Waals surface area contributed by atoms with Crippen molar-refractivity contribution in [3.05, 3.63) is 60.4 Å². The monoisotopic (exact) mass is 310 g/mol. The van der Waals surface area contributed by atoms with E-state index in [9.17, 15) is 4.79 Å². The maximum absolute atomic E-state index is 9.59. The van der Waals surface area contributed by atoms with Crippen LogP contribution in [-0.4, -0.2) is 18.2 Å². The van der Waals surface area contributed by atoms with E-state index in [0.717, 1.165) is 17.9 Å². The van der Waals surface area contributed by atoms with E-state index in [1.807, 2.05) is 0 Å². The summed E-state index contributed by atoms with van der Waals surface area (Å²) in [4.78, 5) is 9.59. The summed E-state index contributed by atoms with van der Waals surface area (Å²) in [5, 5.41) is 10.4. The van der Waals surface area contributed by atoms with Crippen LogP contribution in [0.15, 0.2) is 54.8 Å². The van der Waals surface area contributed by atoms with Crippen molar-refractivity contribution in [1.29, 1.82) is 0 Å². The molecule has 1 N–H and O–H groups in total. The van der Waals surface area contributed by atoms with Crippen LogP contribution in [-0.2, 0) is 9.53 Å². The number of carbonyl (C=O) groups is 1. The number of carboxylic acids is 1. The summed E-state index contributed by atoms with van der Waals surface area (Å²) in [6, 6.07) is 14.7. The van der Waals surface area contributed by atoms with Crippen molar-refractivity contribution < 1.29 is 14.6 Å². The van der Waals surface area contributed by atoms with Gasteiger partial charge in [-0.1, -0.05) is 42.2 Å². The fourth-order valence-corrected chi connectivity index (χ4v) is 1.65. The number of carboxylic acid groups (broad SMARTS) is 1. The van der Waals surface area contributed by atoms with Gasteiger partial charge in [0.25, 0.3) is 0 Å². The molecule has 2 aromatic carbocycles. The number of aliphatic carboxylic acids is 1. The van der Waals surface area contributed by atoms with Gasteiger partial charge in [0.1, 0.15) is 0 Å². The number of hydrogen-bond donors (Lipinski definition) is 1. The molecule has 120 valence electrons.